The number of nitrogens with zero attached hydrogens (tertiary/aromatic N) is 5. The van der Waals surface area contributed by atoms with Gasteiger partial charge >= 0.3 is 0 Å². The van der Waals surface area contributed by atoms with Gasteiger partial charge in [0.1, 0.15) is 21.5 Å². The first-order valence-corrected chi connectivity index (χ1v) is 10.1. The molecular weight excluding hydrogens is 338 g/mol. The molecule has 1 atom stereocenters. The zero-order chi connectivity index (χ0) is 16.5. The molecule has 1 aliphatic rings. The van der Waals surface area contributed by atoms with Crippen LogP contribution in [0, 0.1) is 0 Å². The van der Waals surface area contributed by atoms with E-state index >= 15 is 0 Å². The molecule has 0 saturated carbocycles. The molecule has 4 heterocycles. The molecule has 4 rings (SSSR count). The minimum atomic E-state index is 0.393. The van der Waals surface area contributed by atoms with Crippen LogP contribution >= 0.6 is 22.7 Å². The monoisotopic (exact) mass is 359 g/mol. The van der Waals surface area contributed by atoms with E-state index in [1.54, 1.807) is 22.7 Å². The number of anilines is 1. The highest BCUT2D eigenvalue weighted by molar-refractivity contribution is 7.16. The second-order valence-electron chi connectivity index (χ2n) is 6.03. The maximum Gasteiger partial charge on any atom is 0.141 e. The van der Waals surface area contributed by atoms with Crippen LogP contribution in [0.5, 0.6) is 0 Å². The van der Waals surface area contributed by atoms with Crippen LogP contribution in [0.2, 0.25) is 0 Å². The number of fused-ring (bicyclic) bond motifs is 1. The molecule has 0 bridgehead atoms. The van der Waals surface area contributed by atoms with Crippen molar-refractivity contribution in [1.29, 1.82) is 0 Å². The smallest absolute Gasteiger partial charge is 0.141 e. The van der Waals surface area contributed by atoms with Crippen molar-refractivity contribution in [2.75, 3.05) is 31.1 Å². The van der Waals surface area contributed by atoms with Crippen molar-refractivity contribution in [3.8, 4) is 0 Å². The van der Waals surface area contributed by atoms with Gasteiger partial charge in [0.25, 0.3) is 0 Å². The number of piperazine rings is 1. The topological polar surface area (TPSA) is 45.2 Å². The molecule has 0 aromatic carbocycles. The molecular formula is C17H21N5S2. The zero-order valence-corrected chi connectivity index (χ0v) is 15.6. The van der Waals surface area contributed by atoms with Gasteiger partial charge in [0.05, 0.1) is 11.4 Å². The summed E-state index contributed by atoms with van der Waals surface area (Å²) in [6.45, 7) is 8.45. The molecule has 1 saturated heterocycles. The summed E-state index contributed by atoms with van der Waals surface area (Å²) >= 11 is 3.45. The molecule has 3 aromatic heterocycles. The van der Waals surface area contributed by atoms with Gasteiger partial charge in [-0.2, -0.15) is 0 Å². The second kappa shape index (κ2) is 6.74. The highest BCUT2D eigenvalue weighted by Crippen LogP contribution is 2.30. The Kier molecular flexibility index (Phi) is 4.47. The van der Waals surface area contributed by atoms with Crippen LogP contribution in [-0.4, -0.2) is 46.0 Å². The third kappa shape index (κ3) is 2.92. The van der Waals surface area contributed by atoms with E-state index in [1.165, 1.54) is 10.4 Å². The first-order chi connectivity index (χ1) is 11.8. The quantitative estimate of drug-likeness (QED) is 0.712. The average molecular weight is 360 g/mol. The average Bonchev–Trinajstić information content (AvgIpc) is 3.31. The van der Waals surface area contributed by atoms with Gasteiger partial charge in [-0.25, -0.2) is 15.0 Å². The predicted molar refractivity (Wildman–Crippen MR) is 101 cm³/mol. The van der Waals surface area contributed by atoms with E-state index in [2.05, 4.69) is 50.4 Å². The van der Waals surface area contributed by atoms with Crippen molar-refractivity contribution in [2.24, 2.45) is 0 Å². The maximum atomic E-state index is 4.83. The molecule has 24 heavy (non-hydrogen) atoms. The van der Waals surface area contributed by atoms with Gasteiger partial charge in [0.15, 0.2) is 0 Å². The molecule has 0 spiro atoms. The van der Waals surface area contributed by atoms with Crippen molar-refractivity contribution in [1.82, 2.24) is 19.9 Å². The first-order valence-electron chi connectivity index (χ1n) is 8.38. The molecule has 0 N–H and O–H groups in total. The molecule has 0 radical (unpaired) electrons. The van der Waals surface area contributed by atoms with Crippen molar-refractivity contribution >= 4 is 38.7 Å². The number of thiophene rings is 1. The predicted octanol–water partition coefficient (Wildman–Crippen LogP) is 3.59. The Morgan fingerprint density at radius 3 is 2.67 bits per heavy atom. The van der Waals surface area contributed by atoms with Gasteiger partial charge in [-0.05, 0) is 18.4 Å². The maximum absolute atomic E-state index is 4.83. The normalized spacial score (nSPS) is 17.5. The molecule has 0 amide bonds. The standard InChI is InChI=1S/C17H21N5S2/c1-3-14-19-15(13-4-10-23-17(13)20-14)22-8-6-21(7-9-22)12(2)16-18-5-11-24-16/h4-5,10-12H,3,6-9H2,1-2H3. The minimum absolute atomic E-state index is 0.393. The van der Waals surface area contributed by atoms with E-state index in [9.17, 15) is 0 Å². The summed E-state index contributed by atoms with van der Waals surface area (Å²) in [5, 5.41) is 6.57. The molecule has 7 heteroatoms. The van der Waals surface area contributed by atoms with Gasteiger partial charge in [-0.3, -0.25) is 4.90 Å². The van der Waals surface area contributed by atoms with Crippen LogP contribution in [0.25, 0.3) is 10.2 Å². The van der Waals surface area contributed by atoms with E-state index in [4.69, 9.17) is 4.98 Å². The van der Waals surface area contributed by atoms with E-state index in [0.29, 0.717) is 6.04 Å². The van der Waals surface area contributed by atoms with Crippen LogP contribution in [0.3, 0.4) is 0 Å². The van der Waals surface area contributed by atoms with Crippen molar-refractivity contribution in [2.45, 2.75) is 26.3 Å². The summed E-state index contributed by atoms with van der Waals surface area (Å²) in [5.74, 6) is 2.05. The lowest BCUT2D eigenvalue weighted by atomic mass is 10.2. The van der Waals surface area contributed by atoms with E-state index < -0.39 is 0 Å². The van der Waals surface area contributed by atoms with Gasteiger partial charge < -0.3 is 4.90 Å². The van der Waals surface area contributed by atoms with Crippen LogP contribution in [-0.2, 0) is 6.42 Å². The van der Waals surface area contributed by atoms with Crippen molar-refractivity contribution in [3.05, 3.63) is 33.9 Å². The lowest BCUT2D eigenvalue weighted by molar-refractivity contribution is 0.198. The summed E-state index contributed by atoms with van der Waals surface area (Å²) in [5.41, 5.74) is 0. The summed E-state index contributed by atoms with van der Waals surface area (Å²) in [6.07, 6.45) is 2.77. The van der Waals surface area contributed by atoms with Crippen LogP contribution < -0.4 is 4.90 Å². The SMILES string of the molecule is CCc1nc(N2CCN(C(C)c3nccs3)CC2)c2ccsc2n1. The fourth-order valence-electron chi connectivity index (χ4n) is 3.20. The molecule has 1 unspecified atom stereocenters. The van der Waals surface area contributed by atoms with Crippen molar-refractivity contribution < 1.29 is 0 Å². The Bertz CT molecular complexity index is 806. The Balaban J connectivity index is 1.53. The minimum Gasteiger partial charge on any atom is -0.353 e. The summed E-state index contributed by atoms with van der Waals surface area (Å²) < 4.78 is 0. The largest absolute Gasteiger partial charge is 0.353 e. The number of rotatable bonds is 4. The van der Waals surface area contributed by atoms with Gasteiger partial charge in [-0.15, -0.1) is 22.7 Å². The Hall–Kier alpha value is -1.57. The van der Waals surface area contributed by atoms with E-state index in [-0.39, 0.29) is 0 Å². The number of hydrogen-bond acceptors (Lipinski definition) is 7. The molecule has 1 aliphatic heterocycles. The first kappa shape index (κ1) is 15.9. The lowest BCUT2D eigenvalue weighted by Gasteiger charge is -2.38. The summed E-state index contributed by atoms with van der Waals surface area (Å²) in [6, 6.07) is 2.55. The van der Waals surface area contributed by atoms with E-state index in [0.717, 1.165) is 49.1 Å². The van der Waals surface area contributed by atoms with Crippen LogP contribution in [0.4, 0.5) is 5.82 Å². The van der Waals surface area contributed by atoms with E-state index in [1.807, 2.05) is 6.20 Å². The molecule has 3 aromatic rings. The summed E-state index contributed by atoms with van der Waals surface area (Å²) in [4.78, 5) is 20.0. The van der Waals surface area contributed by atoms with Gasteiger partial charge in [0.2, 0.25) is 0 Å². The highest BCUT2D eigenvalue weighted by atomic mass is 32.1. The third-order valence-electron chi connectivity index (χ3n) is 4.64. The fraction of sp³-hybridized carbons (Fsp3) is 0.471. The number of aryl methyl sites for hydroxylation is 1. The molecule has 1 fully saturated rings. The molecule has 5 nitrogen and oxygen atoms in total. The molecule has 126 valence electrons. The Morgan fingerprint density at radius 2 is 1.96 bits per heavy atom. The third-order valence-corrected chi connectivity index (χ3v) is 6.39. The van der Waals surface area contributed by atoms with Gasteiger partial charge in [-0.1, -0.05) is 6.92 Å². The number of hydrogen-bond donors (Lipinski definition) is 0. The van der Waals surface area contributed by atoms with Gasteiger partial charge in [0, 0.05) is 44.2 Å². The number of aromatic nitrogens is 3. The fourth-order valence-corrected chi connectivity index (χ4v) is 4.71. The Morgan fingerprint density at radius 1 is 1.12 bits per heavy atom. The van der Waals surface area contributed by atoms with Crippen molar-refractivity contribution in [3.63, 3.8) is 0 Å². The zero-order valence-electron chi connectivity index (χ0n) is 14.0. The van der Waals surface area contributed by atoms with Crippen LogP contribution in [0.1, 0.15) is 30.7 Å². The number of thiazole rings is 1. The Labute approximate surface area is 150 Å². The molecule has 0 aliphatic carbocycles. The highest BCUT2D eigenvalue weighted by Gasteiger charge is 2.25. The van der Waals surface area contributed by atoms with Crippen LogP contribution in [0.15, 0.2) is 23.0 Å². The second-order valence-corrected chi connectivity index (χ2v) is 7.85. The lowest BCUT2D eigenvalue weighted by Crippen LogP contribution is -2.47. The summed E-state index contributed by atoms with van der Waals surface area (Å²) in [7, 11) is 0.